The van der Waals surface area contributed by atoms with E-state index < -0.39 is 0 Å². The number of pyridine rings is 1. The molecule has 1 aromatic rings. The van der Waals surface area contributed by atoms with Gasteiger partial charge in [-0.1, -0.05) is 162 Å². The molecule has 1 aromatic heterocycles. The van der Waals surface area contributed by atoms with Gasteiger partial charge in [0.15, 0.2) is 12.4 Å². The van der Waals surface area contributed by atoms with E-state index in [-0.39, 0.29) is 0 Å². The molecule has 0 aliphatic heterocycles. The van der Waals surface area contributed by atoms with Gasteiger partial charge in [-0.25, -0.2) is 4.57 Å². The third kappa shape index (κ3) is 21.0. The van der Waals surface area contributed by atoms with E-state index in [0.717, 1.165) is 0 Å². The molecule has 0 aromatic carbocycles. The van der Waals surface area contributed by atoms with Crippen LogP contribution in [0.25, 0.3) is 0 Å². The van der Waals surface area contributed by atoms with E-state index in [4.69, 9.17) is 0 Å². The van der Waals surface area contributed by atoms with E-state index in [1.165, 1.54) is 186 Å². The average Bonchev–Trinajstić information content (AvgIpc) is 2.93. The van der Waals surface area contributed by atoms with Gasteiger partial charge in [0.05, 0.1) is 0 Å². The van der Waals surface area contributed by atoms with Crippen molar-refractivity contribution in [2.45, 2.75) is 207 Å². The topological polar surface area (TPSA) is 3.88 Å². The van der Waals surface area contributed by atoms with Gasteiger partial charge < -0.3 is 0 Å². The van der Waals surface area contributed by atoms with Crippen LogP contribution in [0.4, 0.5) is 0 Å². The maximum Gasteiger partial charge on any atom is 0.172 e. The summed E-state index contributed by atoms with van der Waals surface area (Å²) in [4.78, 5) is 0. The van der Waals surface area contributed by atoms with Crippen LogP contribution in [0.5, 0.6) is 0 Å². The molecule has 0 spiro atoms. The molecular weight excluding hydrogens is 458 g/mol. The quantitative estimate of drug-likeness (QED) is 0.0719. The number of nitrogens with zero attached hydrogens (tertiary/aromatic N) is 1. The van der Waals surface area contributed by atoms with Crippen molar-refractivity contribution in [3.05, 3.63) is 29.6 Å². The van der Waals surface area contributed by atoms with Gasteiger partial charge >= 0.3 is 0 Å². The van der Waals surface area contributed by atoms with Crippen LogP contribution in [0, 0.1) is 0 Å². The van der Waals surface area contributed by atoms with Gasteiger partial charge in [-0.3, -0.25) is 0 Å². The molecule has 38 heavy (non-hydrogen) atoms. The van der Waals surface area contributed by atoms with E-state index >= 15 is 0 Å². The first-order chi connectivity index (χ1) is 18.8. The standard InChI is InChI=1S/C37H70N/c1-4-7-10-13-16-17-18-19-20-23-26-29-33-38-34-32-36(30-27-24-21-14-11-8-5-2)37(35-38)31-28-25-22-15-12-9-6-3/h32,34-35H,4-31,33H2,1-3H3/q+1. The Hall–Kier alpha value is -0.850. The lowest BCUT2D eigenvalue weighted by atomic mass is 9.97. The first kappa shape index (κ1) is 35.2. The highest BCUT2D eigenvalue weighted by Gasteiger charge is 2.10. The molecule has 0 fully saturated rings. The third-order valence-corrected chi connectivity index (χ3v) is 8.57. The summed E-state index contributed by atoms with van der Waals surface area (Å²) in [6.07, 6.45) is 44.4. The van der Waals surface area contributed by atoms with Crippen molar-refractivity contribution in [2.24, 2.45) is 0 Å². The predicted molar refractivity (Wildman–Crippen MR) is 171 cm³/mol. The Morgan fingerprint density at radius 3 is 1.16 bits per heavy atom. The molecule has 0 atom stereocenters. The van der Waals surface area contributed by atoms with Crippen molar-refractivity contribution in [2.75, 3.05) is 0 Å². The summed E-state index contributed by atoms with van der Waals surface area (Å²) in [5, 5.41) is 0. The van der Waals surface area contributed by atoms with Crippen molar-refractivity contribution in [3.8, 4) is 0 Å². The van der Waals surface area contributed by atoms with Gasteiger partial charge in [-0.15, -0.1) is 0 Å². The summed E-state index contributed by atoms with van der Waals surface area (Å²) in [5.74, 6) is 0. The van der Waals surface area contributed by atoms with Crippen LogP contribution in [0.2, 0.25) is 0 Å². The number of aryl methyl sites for hydroxylation is 3. The Balaban J connectivity index is 2.33. The molecule has 0 aliphatic rings. The minimum atomic E-state index is 1.21. The SMILES string of the molecule is CCCCCCCCCCCCCC[n+]1ccc(CCCCCCCCC)c(CCCCCCCCC)c1. The van der Waals surface area contributed by atoms with Crippen LogP contribution in [0.3, 0.4) is 0 Å². The molecule has 1 heterocycles. The first-order valence-corrected chi connectivity index (χ1v) is 17.8. The fourth-order valence-corrected chi connectivity index (χ4v) is 5.91. The van der Waals surface area contributed by atoms with Crippen LogP contribution in [0.1, 0.15) is 199 Å². The van der Waals surface area contributed by atoms with Gasteiger partial charge in [0.2, 0.25) is 0 Å². The number of unbranched alkanes of at least 4 members (excludes halogenated alkanes) is 23. The Bertz CT molecular complexity index is 607. The molecule has 0 radical (unpaired) electrons. The second-order valence-electron chi connectivity index (χ2n) is 12.4. The van der Waals surface area contributed by atoms with Crippen LogP contribution in [-0.2, 0) is 19.4 Å². The fourth-order valence-electron chi connectivity index (χ4n) is 5.91. The molecular formula is C37H70N+. The zero-order valence-corrected chi connectivity index (χ0v) is 26.7. The number of rotatable bonds is 29. The zero-order valence-electron chi connectivity index (χ0n) is 26.7. The molecule has 0 aliphatic carbocycles. The lowest BCUT2D eigenvalue weighted by Gasteiger charge is -2.10. The lowest BCUT2D eigenvalue weighted by Crippen LogP contribution is -2.34. The van der Waals surface area contributed by atoms with E-state index in [9.17, 15) is 0 Å². The van der Waals surface area contributed by atoms with Crippen LogP contribution in [0.15, 0.2) is 18.5 Å². The molecule has 222 valence electrons. The molecule has 0 unspecified atom stereocenters. The van der Waals surface area contributed by atoms with Crippen molar-refractivity contribution in [1.82, 2.24) is 0 Å². The smallest absolute Gasteiger partial charge is 0.172 e. The van der Waals surface area contributed by atoms with Crippen molar-refractivity contribution >= 4 is 0 Å². The fraction of sp³-hybridized carbons (Fsp3) is 0.865. The predicted octanol–water partition coefficient (Wildman–Crippen LogP) is 12.3. The Labute approximate surface area is 241 Å². The molecule has 0 bridgehead atoms. The molecule has 0 saturated heterocycles. The Morgan fingerprint density at radius 1 is 0.395 bits per heavy atom. The maximum absolute atomic E-state index is 2.53. The first-order valence-electron chi connectivity index (χ1n) is 17.8. The summed E-state index contributed by atoms with van der Waals surface area (Å²) in [5.41, 5.74) is 3.31. The minimum absolute atomic E-state index is 1.21. The lowest BCUT2D eigenvalue weighted by molar-refractivity contribution is -0.697. The van der Waals surface area contributed by atoms with Crippen LogP contribution < -0.4 is 4.57 Å². The van der Waals surface area contributed by atoms with Gasteiger partial charge in [-0.05, 0) is 37.7 Å². The molecule has 0 amide bonds. The van der Waals surface area contributed by atoms with Gasteiger partial charge in [-0.2, -0.15) is 0 Å². The summed E-state index contributed by atoms with van der Waals surface area (Å²) >= 11 is 0. The largest absolute Gasteiger partial charge is 0.205 e. The number of hydrogen-bond acceptors (Lipinski definition) is 0. The molecule has 0 N–H and O–H groups in total. The Morgan fingerprint density at radius 2 is 0.737 bits per heavy atom. The average molecular weight is 529 g/mol. The summed E-state index contributed by atoms with van der Waals surface area (Å²) in [6.45, 7) is 8.14. The second kappa shape index (κ2) is 27.7. The maximum atomic E-state index is 2.53. The highest BCUT2D eigenvalue weighted by atomic mass is 14.9. The summed E-state index contributed by atoms with van der Waals surface area (Å²) in [7, 11) is 0. The van der Waals surface area contributed by atoms with Gasteiger partial charge in [0.25, 0.3) is 0 Å². The molecule has 1 rings (SSSR count). The molecule has 0 saturated carbocycles. The highest BCUT2D eigenvalue weighted by molar-refractivity contribution is 5.21. The summed E-state index contributed by atoms with van der Waals surface area (Å²) < 4.78 is 2.52. The number of aromatic nitrogens is 1. The van der Waals surface area contributed by atoms with Crippen molar-refractivity contribution < 1.29 is 4.57 Å². The van der Waals surface area contributed by atoms with Crippen molar-refractivity contribution in [3.63, 3.8) is 0 Å². The van der Waals surface area contributed by atoms with Crippen LogP contribution >= 0.6 is 0 Å². The van der Waals surface area contributed by atoms with Crippen molar-refractivity contribution in [1.29, 1.82) is 0 Å². The molecule has 1 heteroatoms. The van der Waals surface area contributed by atoms with Gasteiger partial charge in [0.1, 0.15) is 6.54 Å². The number of hydrogen-bond donors (Lipinski definition) is 0. The Kier molecular flexibility index (Phi) is 25.6. The van der Waals surface area contributed by atoms with Crippen LogP contribution in [-0.4, -0.2) is 0 Å². The van der Waals surface area contributed by atoms with E-state index in [0.29, 0.717) is 0 Å². The minimum Gasteiger partial charge on any atom is -0.205 e. The molecule has 1 nitrogen and oxygen atoms in total. The normalized spacial score (nSPS) is 11.4. The zero-order chi connectivity index (χ0) is 27.4. The van der Waals surface area contributed by atoms with E-state index in [1.54, 1.807) is 11.1 Å². The van der Waals surface area contributed by atoms with E-state index in [2.05, 4.69) is 43.8 Å². The summed E-state index contributed by atoms with van der Waals surface area (Å²) in [6, 6.07) is 2.48. The van der Waals surface area contributed by atoms with E-state index in [1.807, 2.05) is 0 Å². The second-order valence-corrected chi connectivity index (χ2v) is 12.4. The van der Waals surface area contributed by atoms with Gasteiger partial charge in [0, 0.05) is 18.1 Å². The third-order valence-electron chi connectivity index (χ3n) is 8.57. The highest BCUT2D eigenvalue weighted by Crippen LogP contribution is 2.17. The monoisotopic (exact) mass is 529 g/mol.